The van der Waals surface area contributed by atoms with Crippen molar-refractivity contribution in [3.8, 4) is 22.9 Å². The summed E-state index contributed by atoms with van der Waals surface area (Å²) in [4.78, 5) is 44.8. The van der Waals surface area contributed by atoms with Crippen molar-refractivity contribution in [2.75, 3.05) is 43.0 Å². The number of piperazine rings is 1. The van der Waals surface area contributed by atoms with Crippen LogP contribution in [-0.4, -0.2) is 110 Å². The molecule has 59 heavy (non-hydrogen) atoms. The average Bonchev–Trinajstić information content (AvgIpc) is 3.85. The number of amides is 2. The summed E-state index contributed by atoms with van der Waals surface area (Å²) in [6.45, 7) is 11.6. The second-order valence-corrected chi connectivity index (χ2v) is 18.8. The largest absolute Gasteiger partial charge is 0.505 e. The lowest BCUT2D eigenvalue weighted by Gasteiger charge is -2.42. The van der Waals surface area contributed by atoms with Crippen LogP contribution in [0.3, 0.4) is 0 Å². The van der Waals surface area contributed by atoms with Gasteiger partial charge in [-0.15, -0.1) is 0 Å². The van der Waals surface area contributed by atoms with Gasteiger partial charge in [-0.3, -0.25) is 15.1 Å². The van der Waals surface area contributed by atoms with E-state index in [2.05, 4.69) is 20.3 Å². The minimum absolute atomic E-state index is 0.00905. The van der Waals surface area contributed by atoms with E-state index >= 15 is 17.6 Å². The number of rotatable bonds is 6. The Hall–Kier alpha value is -4.78. The highest BCUT2D eigenvalue weighted by Crippen LogP contribution is 2.50. The van der Waals surface area contributed by atoms with E-state index in [1.54, 1.807) is 51.3 Å². The third-order valence-electron chi connectivity index (χ3n) is 11.2. The van der Waals surface area contributed by atoms with Crippen LogP contribution in [0.5, 0.6) is 11.8 Å². The van der Waals surface area contributed by atoms with Gasteiger partial charge in [-0.05, 0) is 92.0 Å². The lowest BCUT2D eigenvalue weighted by atomic mass is 9.94. The lowest BCUT2D eigenvalue weighted by Crippen LogP contribution is -2.57. The molecule has 4 aliphatic rings. The Labute approximate surface area is 340 Å². The maximum absolute atomic E-state index is 15.3. The Bertz CT molecular complexity index is 2320. The third-order valence-corrected chi connectivity index (χ3v) is 12.2. The molecule has 4 aliphatic heterocycles. The average molecular weight is 848 g/mol. The number of aromatic nitrogens is 3. The summed E-state index contributed by atoms with van der Waals surface area (Å²) in [5.74, 6) is -1.64. The molecule has 2 bridgehead atoms. The van der Waals surface area contributed by atoms with Crippen molar-refractivity contribution in [2.24, 2.45) is 0 Å². The van der Waals surface area contributed by atoms with Crippen LogP contribution in [0.1, 0.15) is 79.2 Å². The molecule has 0 aliphatic carbocycles. The van der Waals surface area contributed by atoms with E-state index < -0.39 is 64.0 Å². The molecule has 8 rings (SSSR count). The number of carbonyl (C=O) groups is 2. The van der Waals surface area contributed by atoms with Crippen molar-refractivity contribution >= 4 is 55.6 Å². The predicted molar refractivity (Wildman–Crippen MR) is 210 cm³/mol. The van der Waals surface area contributed by atoms with E-state index in [0.29, 0.717) is 37.1 Å². The Morgan fingerprint density at radius 2 is 1.68 bits per heavy atom. The maximum atomic E-state index is 15.3. The fraction of sp³-hybridized carbons (Fsp3) is 0.575. The lowest BCUT2D eigenvalue weighted by molar-refractivity contribution is -0.137. The van der Waals surface area contributed by atoms with Crippen molar-refractivity contribution in [3.63, 3.8) is 0 Å². The number of anilines is 2. The maximum Gasteiger partial charge on any atom is 0.417 e. The first-order chi connectivity index (χ1) is 27.6. The molecule has 2 aromatic heterocycles. The van der Waals surface area contributed by atoms with E-state index in [-0.39, 0.29) is 88.4 Å². The number of halogens is 5. The summed E-state index contributed by atoms with van der Waals surface area (Å²) in [6, 6.07) is 1.97. The van der Waals surface area contributed by atoms with Crippen molar-refractivity contribution in [3.05, 3.63) is 29.6 Å². The van der Waals surface area contributed by atoms with Crippen LogP contribution in [0.2, 0.25) is 0 Å². The molecule has 4 atom stereocenters. The van der Waals surface area contributed by atoms with Gasteiger partial charge < -0.3 is 24.2 Å². The number of hydrogen-bond donors (Lipinski definition) is 2. The highest BCUT2D eigenvalue weighted by atomic mass is 32.1. The van der Waals surface area contributed by atoms with E-state index in [4.69, 9.17) is 14.2 Å². The molecule has 4 saturated heterocycles. The molecule has 2 amide bonds. The number of benzene rings is 2. The summed E-state index contributed by atoms with van der Waals surface area (Å²) >= 11 is 0.690. The van der Waals surface area contributed by atoms with Gasteiger partial charge in [-0.1, -0.05) is 11.3 Å². The third kappa shape index (κ3) is 7.87. The monoisotopic (exact) mass is 847 g/mol. The highest BCUT2D eigenvalue weighted by molar-refractivity contribution is 7.22. The van der Waals surface area contributed by atoms with Crippen LogP contribution in [0, 0.1) is 5.82 Å². The quantitative estimate of drug-likeness (QED) is 0.180. The van der Waals surface area contributed by atoms with Gasteiger partial charge in [-0.2, -0.15) is 23.1 Å². The van der Waals surface area contributed by atoms with E-state index in [1.807, 2.05) is 4.90 Å². The number of phenolic OH excluding ortho intramolecular Hbond substituents is 1. The van der Waals surface area contributed by atoms with Crippen molar-refractivity contribution in [1.82, 2.24) is 24.8 Å². The fourth-order valence-electron chi connectivity index (χ4n) is 8.97. The van der Waals surface area contributed by atoms with E-state index in [1.165, 1.54) is 0 Å². The summed E-state index contributed by atoms with van der Waals surface area (Å²) in [7, 11) is 0. The number of carbonyl (C=O) groups excluding carboxylic acids is 2. The van der Waals surface area contributed by atoms with E-state index in [9.17, 15) is 19.1 Å². The van der Waals surface area contributed by atoms with Gasteiger partial charge in [0.1, 0.15) is 41.1 Å². The number of hydrogen-bond acceptors (Lipinski definition) is 12. The summed E-state index contributed by atoms with van der Waals surface area (Å²) in [5, 5.41) is 14.2. The Kier molecular flexibility index (Phi) is 10.0. The van der Waals surface area contributed by atoms with Crippen molar-refractivity contribution in [2.45, 2.75) is 115 Å². The van der Waals surface area contributed by atoms with Crippen LogP contribution >= 0.6 is 11.3 Å². The summed E-state index contributed by atoms with van der Waals surface area (Å²) in [5.41, 5.74) is -5.01. The first-order valence-electron chi connectivity index (χ1n) is 19.6. The second kappa shape index (κ2) is 14.4. The molecule has 4 aromatic rings. The Balaban J connectivity index is 1.26. The van der Waals surface area contributed by atoms with Crippen molar-refractivity contribution in [1.29, 1.82) is 0 Å². The zero-order valence-electron chi connectivity index (χ0n) is 33.5. The molecule has 2 aromatic carbocycles. The second-order valence-electron chi connectivity index (χ2n) is 17.8. The Morgan fingerprint density at radius 1 is 0.983 bits per heavy atom. The first-order valence-corrected chi connectivity index (χ1v) is 20.4. The standard InChI is InChI=1S/C40H46F5N7O6S/c1-37(2,3)57-35(54)49-34-47-29-23(10-11-26(42)31(29)59-34)27-25(40(43,44)45)14-24-28(30(27)53)46-33(56-19-39-12-7-13-51(39)16-20(41)15-39)48-32(24)50-17-21-8-9-22(18-50)52(21)36(55)58-38(4,5)6/h10-11,14,20-22,53H,7-9,12-13,15-19H2,1-6H3,(H,47,49,54)/t20-,21?,22?,39+/m1/s1. The Morgan fingerprint density at radius 3 is 2.34 bits per heavy atom. The van der Waals surface area contributed by atoms with Gasteiger partial charge in [0.15, 0.2) is 10.9 Å². The molecule has 6 heterocycles. The fourth-order valence-corrected chi connectivity index (χ4v) is 9.86. The number of aromatic hydroxyl groups is 1. The zero-order valence-corrected chi connectivity index (χ0v) is 34.3. The highest BCUT2D eigenvalue weighted by Gasteiger charge is 2.50. The van der Waals surface area contributed by atoms with Gasteiger partial charge in [-0.25, -0.2) is 23.4 Å². The van der Waals surface area contributed by atoms with Crippen molar-refractivity contribution < 1.29 is 50.9 Å². The number of nitrogens with zero attached hydrogens (tertiary/aromatic N) is 6. The minimum atomic E-state index is -5.06. The van der Waals surface area contributed by atoms with Crippen LogP contribution in [-0.2, 0) is 15.7 Å². The summed E-state index contributed by atoms with van der Waals surface area (Å²) < 4.78 is 93.0. The molecule has 19 heteroatoms. The van der Waals surface area contributed by atoms with Gasteiger partial charge in [0, 0.05) is 42.6 Å². The normalized spacial score (nSPS) is 23.6. The van der Waals surface area contributed by atoms with Gasteiger partial charge in [0.25, 0.3) is 0 Å². The molecule has 4 fully saturated rings. The van der Waals surface area contributed by atoms with Gasteiger partial charge in [0.05, 0.1) is 33.4 Å². The van der Waals surface area contributed by atoms with Crippen LogP contribution in [0.25, 0.3) is 32.2 Å². The SMILES string of the molecule is CC(C)(C)OC(=O)Nc1nc2c(-c3c(C(F)(F)F)cc4c(N5CC6CCC(C5)N6C(=O)OC(C)(C)C)nc(OC[C@@]56CCCN5C[C@H](F)C6)nc4c3O)ccc(F)c2s1. The molecule has 0 spiro atoms. The molecular formula is C40H46F5N7O6S. The number of alkyl halides is 4. The van der Waals surface area contributed by atoms with Gasteiger partial charge in [0.2, 0.25) is 0 Å². The molecule has 2 N–H and O–H groups in total. The topological polar surface area (TPSA) is 142 Å². The minimum Gasteiger partial charge on any atom is -0.505 e. The first kappa shape index (κ1) is 41.0. The molecule has 13 nitrogen and oxygen atoms in total. The number of ether oxygens (including phenoxy) is 3. The molecule has 0 saturated carbocycles. The number of fused-ring (bicyclic) bond motifs is 5. The predicted octanol–water partition coefficient (Wildman–Crippen LogP) is 8.66. The smallest absolute Gasteiger partial charge is 0.417 e. The number of nitrogens with one attached hydrogen (secondary N) is 1. The number of thiazole rings is 1. The van der Waals surface area contributed by atoms with Gasteiger partial charge >= 0.3 is 24.4 Å². The van der Waals surface area contributed by atoms with Crippen LogP contribution in [0.15, 0.2) is 18.2 Å². The molecule has 2 unspecified atom stereocenters. The summed E-state index contributed by atoms with van der Waals surface area (Å²) in [6.07, 6.45) is -4.49. The number of phenols is 1. The van der Waals surface area contributed by atoms with Crippen LogP contribution < -0.4 is 15.0 Å². The van der Waals surface area contributed by atoms with Crippen LogP contribution in [0.4, 0.5) is 42.5 Å². The molecule has 0 radical (unpaired) electrons. The van der Waals surface area contributed by atoms with E-state index in [0.717, 1.165) is 24.6 Å². The molecular weight excluding hydrogens is 802 g/mol. The molecule has 318 valence electrons. The zero-order chi connectivity index (χ0) is 42.4.